The molecule has 2 rings (SSSR count). The molecular formula is C13H17N5O2S2. The minimum atomic E-state index is -0.520. The Morgan fingerprint density at radius 1 is 1.45 bits per heavy atom. The van der Waals surface area contributed by atoms with E-state index in [1.165, 1.54) is 23.7 Å². The van der Waals surface area contributed by atoms with Gasteiger partial charge in [0.15, 0.2) is 5.16 Å². The smallest absolute Gasteiger partial charge is 0.321 e. The van der Waals surface area contributed by atoms with E-state index in [0.717, 1.165) is 5.82 Å². The van der Waals surface area contributed by atoms with Crippen molar-refractivity contribution < 1.29 is 9.59 Å². The molecule has 0 saturated heterocycles. The molecule has 2 aromatic heterocycles. The second-order valence-corrected chi connectivity index (χ2v) is 6.88. The fourth-order valence-corrected chi connectivity index (χ4v) is 3.19. The van der Waals surface area contributed by atoms with Crippen molar-refractivity contribution in [2.45, 2.75) is 23.8 Å². The van der Waals surface area contributed by atoms with Gasteiger partial charge in [-0.2, -0.15) is 0 Å². The predicted molar refractivity (Wildman–Crippen MR) is 86.0 cm³/mol. The first-order valence-corrected chi connectivity index (χ1v) is 8.37. The Morgan fingerprint density at radius 2 is 2.23 bits per heavy atom. The number of aromatic nitrogens is 3. The predicted octanol–water partition coefficient (Wildman–Crippen LogP) is 1.40. The highest BCUT2D eigenvalue weighted by molar-refractivity contribution is 8.00. The standard InChI is InChI=1S/C13H17N5O2S2/c1-8(11(19)15-12(20)14-2)22-13-17-16-10(18(13)3)7-9-5-4-6-21-9/h4-6,8H,7H2,1-3H3,(H2,14,15,19,20)/t8-/m1/s1. The van der Waals surface area contributed by atoms with Crippen LogP contribution in [0.4, 0.5) is 4.79 Å². The van der Waals surface area contributed by atoms with Gasteiger partial charge in [-0.25, -0.2) is 4.79 Å². The van der Waals surface area contributed by atoms with Crippen LogP contribution in [0.5, 0.6) is 0 Å². The number of amides is 3. The van der Waals surface area contributed by atoms with Gasteiger partial charge < -0.3 is 9.88 Å². The lowest BCUT2D eigenvalue weighted by molar-refractivity contribution is -0.119. The van der Waals surface area contributed by atoms with Gasteiger partial charge in [-0.05, 0) is 18.4 Å². The van der Waals surface area contributed by atoms with Gasteiger partial charge in [-0.15, -0.1) is 21.5 Å². The molecule has 22 heavy (non-hydrogen) atoms. The molecule has 0 aliphatic carbocycles. The topological polar surface area (TPSA) is 88.9 Å². The molecule has 3 amide bonds. The molecule has 118 valence electrons. The molecule has 0 saturated carbocycles. The third kappa shape index (κ3) is 4.08. The average molecular weight is 339 g/mol. The third-order valence-electron chi connectivity index (χ3n) is 2.95. The molecule has 0 spiro atoms. The molecule has 0 radical (unpaired) electrons. The summed E-state index contributed by atoms with van der Waals surface area (Å²) in [5.74, 6) is 0.469. The lowest BCUT2D eigenvalue weighted by atomic mass is 10.3. The first kappa shape index (κ1) is 16.5. The summed E-state index contributed by atoms with van der Waals surface area (Å²) < 4.78 is 1.87. The summed E-state index contributed by atoms with van der Waals surface area (Å²) in [7, 11) is 3.33. The van der Waals surface area contributed by atoms with Gasteiger partial charge in [0.25, 0.3) is 0 Å². The van der Waals surface area contributed by atoms with Crippen LogP contribution in [0.2, 0.25) is 0 Å². The number of thiophene rings is 1. The first-order valence-electron chi connectivity index (χ1n) is 6.61. The number of hydrogen-bond acceptors (Lipinski definition) is 6. The summed E-state index contributed by atoms with van der Waals surface area (Å²) >= 11 is 2.93. The SMILES string of the molecule is CNC(=O)NC(=O)[C@@H](C)Sc1nnc(Cc2cccs2)n1C. The lowest BCUT2D eigenvalue weighted by Crippen LogP contribution is -2.41. The summed E-state index contributed by atoms with van der Waals surface area (Å²) in [5.41, 5.74) is 0. The highest BCUT2D eigenvalue weighted by Crippen LogP contribution is 2.23. The average Bonchev–Trinajstić information content (AvgIpc) is 3.12. The van der Waals surface area contributed by atoms with Crippen molar-refractivity contribution in [3.63, 3.8) is 0 Å². The van der Waals surface area contributed by atoms with Gasteiger partial charge in [-0.3, -0.25) is 10.1 Å². The number of thioether (sulfide) groups is 1. The first-order chi connectivity index (χ1) is 10.5. The van der Waals surface area contributed by atoms with Crippen LogP contribution in [0.25, 0.3) is 0 Å². The Labute approximate surface area is 136 Å². The number of carbonyl (C=O) groups excluding carboxylic acids is 2. The molecule has 7 nitrogen and oxygen atoms in total. The molecule has 0 aliphatic rings. The maximum atomic E-state index is 11.8. The Morgan fingerprint density at radius 3 is 2.86 bits per heavy atom. The normalized spacial score (nSPS) is 12.0. The van der Waals surface area contributed by atoms with Gasteiger partial charge in [0.1, 0.15) is 5.82 Å². The summed E-state index contributed by atoms with van der Waals surface area (Å²) in [6, 6.07) is 3.52. The third-order valence-corrected chi connectivity index (χ3v) is 4.96. The minimum Gasteiger partial charge on any atom is -0.341 e. The Balaban J connectivity index is 2.00. The molecule has 9 heteroatoms. The maximum absolute atomic E-state index is 11.8. The zero-order valence-electron chi connectivity index (χ0n) is 12.5. The molecule has 2 N–H and O–H groups in total. The van der Waals surface area contributed by atoms with Crippen molar-refractivity contribution in [3.05, 3.63) is 28.2 Å². The molecule has 0 bridgehead atoms. The monoisotopic (exact) mass is 339 g/mol. The van der Waals surface area contributed by atoms with E-state index >= 15 is 0 Å². The van der Waals surface area contributed by atoms with E-state index in [-0.39, 0.29) is 5.91 Å². The van der Waals surface area contributed by atoms with Gasteiger partial charge in [0.2, 0.25) is 5.91 Å². The molecule has 0 aromatic carbocycles. The van der Waals surface area contributed by atoms with Gasteiger partial charge in [0, 0.05) is 25.4 Å². The van der Waals surface area contributed by atoms with Crippen LogP contribution in [-0.4, -0.2) is 39.0 Å². The highest BCUT2D eigenvalue weighted by atomic mass is 32.2. The van der Waals surface area contributed by atoms with Crippen molar-refractivity contribution in [1.82, 2.24) is 25.4 Å². The Bertz CT molecular complexity index is 653. The van der Waals surface area contributed by atoms with Crippen molar-refractivity contribution in [1.29, 1.82) is 0 Å². The Kier molecular flexibility index (Phi) is 5.56. The number of nitrogens with one attached hydrogen (secondary N) is 2. The van der Waals surface area contributed by atoms with E-state index < -0.39 is 11.3 Å². The summed E-state index contributed by atoms with van der Waals surface area (Å²) in [5, 5.41) is 15.1. The van der Waals surface area contributed by atoms with Gasteiger partial charge in [0.05, 0.1) is 5.25 Å². The number of imide groups is 1. The second kappa shape index (κ2) is 7.41. The van der Waals surface area contributed by atoms with Crippen LogP contribution < -0.4 is 10.6 Å². The zero-order valence-corrected chi connectivity index (χ0v) is 14.1. The molecule has 2 heterocycles. The van der Waals surface area contributed by atoms with Crippen molar-refractivity contribution in [2.24, 2.45) is 7.05 Å². The van der Waals surface area contributed by atoms with Crippen molar-refractivity contribution >= 4 is 35.0 Å². The van der Waals surface area contributed by atoms with Crippen LogP contribution in [0, 0.1) is 0 Å². The summed E-state index contributed by atoms with van der Waals surface area (Å²) in [4.78, 5) is 24.2. The molecule has 2 aromatic rings. The lowest BCUT2D eigenvalue weighted by Gasteiger charge is -2.10. The summed E-state index contributed by atoms with van der Waals surface area (Å²) in [6.07, 6.45) is 0.709. The fourth-order valence-electron chi connectivity index (χ4n) is 1.66. The van der Waals surface area contributed by atoms with Crippen molar-refractivity contribution in [2.75, 3.05) is 7.05 Å². The molecule has 1 atom stereocenters. The number of hydrogen-bond donors (Lipinski definition) is 2. The number of carbonyl (C=O) groups is 2. The largest absolute Gasteiger partial charge is 0.341 e. The molecule has 0 unspecified atom stereocenters. The summed E-state index contributed by atoms with van der Waals surface area (Å²) in [6.45, 7) is 1.72. The van der Waals surface area contributed by atoms with Gasteiger partial charge in [-0.1, -0.05) is 17.8 Å². The van der Waals surface area contributed by atoms with Crippen molar-refractivity contribution in [3.8, 4) is 0 Å². The van der Waals surface area contributed by atoms with Crippen LogP contribution in [0.1, 0.15) is 17.6 Å². The van der Waals surface area contributed by atoms with Crippen LogP contribution in [0.3, 0.4) is 0 Å². The fraction of sp³-hybridized carbons (Fsp3) is 0.385. The maximum Gasteiger partial charge on any atom is 0.321 e. The van der Waals surface area contributed by atoms with E-state index in [9.17, 15) is 9.59 Å². The molecule has 0 fully saturated rings. The number of urea groups is 1. The second-order valence-electron chi connectivity index (χ2n) is 4.54. The van der Waals surface area contributed by atoms with E-state index in [2.05, 4.69) is 20.8 Å². The highest BCUT2D eigenvalue weighted by Gasteiger charge is 2.20. The van der Waals surface area contributed by atoms with E-state index in [1.807, 2.05) is 29.1 Å². The van der Waals surface area contributed by atoms with Crippen LogP contribution >= 0.6 is 23.1 Å². The Hall–Kier alpha value is -1.87. The van der Waals surface area contributed by atoms with Gasteiger partial charge >= 0.3 is 6.03 Å². The quantitative estimate of drug-likeness (QED) is 0.804. The minimum absolute atomic E-state index is 0.368. The zero-order chi connectivity index (χ0) is 16.1. The van der Waals surface area contributed by atoms with Crippen LogP contribution in [-0.2, 0) is 18.3 Å². The van der Waals surface area contributed by atoms with E-state index in [0.29, 0.717) is 11.6 Å². The molecule has 0 aliphatic heterocycles. The van der Waals surface area contributed by atoms with E-state index in [4.69, 9.17) is 0 Å². The number of rotatable bonds is 5. The molecular weight excluding hydrogens is 322 g/mol. The van der Waals surface area contributed by atoms with E-state index in [1.54, 1.807) is 18.3 Å². The van der Waals surface area contributed by atoms with Crippen LogP contribution in [0.15, 0.2) is 22.7 Å². The number of nitrogens with zero attached hydrogens (tertiary/aromatic N) is 3.